The van der Waals surface area contributed by atoms with Gasteiger partial charge in [-0.15, -0.1) is 0 Å². The molecule has 2 aromatic carbocycles. The van der Waals surface area contributed by atoms with Crippen molar-refractivity contribution >= 4 is 11.6 Å². The number of nitrogens with one attached hydrogen (secondary N) is 2. The van der Waals surface area contributed by atoms with Crippen LogP contribution in [0.3, 0.4) is 0 Å². The third-order valence-corrected chi connectivity index (χ3v) is 3.69. The van der Waals surface area contributed by atoms with E-state index in [1.165, 1.54) is 23.3 Å². The van der Waals surface area contributed by atoms with Crippen LogP contribution in [0.5, 0.6) is 0 Å². The molecule has 0 aromatic heterocycles. The van der Waals surface area contributed by atoms with Gasteiger partial charge in [-0.05, 0) is 55.7 Å². The van der Waals surface area contributed by atoms with Crippen molar-refractivity contribution in [3.63, 3.8) is 0 Å². The SMILES string of the molecule is Cc1ccc([C@H](C)NC(=O)CNc2cccc(F)c2)cc1C. The average molecular weight is 300 g/mol. The normalized spacial score (nSPS) is 11.8. The van der Waals surface area contributed by atoms with Gasteiger partial charge in [-0.2, -0.15) is 0 Å². The van der Waals surface area contributed by atoms with Crippen LogP contribution in [0.4, 0.5) is 10.1 Å². The van der Waals surface area contributed by atoms with Crippen molar-refractivity contribution < 1.29 is 9.18 Å². The lowest BCUT2D eigenvalue weighted by Gasteiger charge is -2.16. The van der Waals surface area contributed by atoms with E-state index in [2.05, 4.69) is 36.6 Å². The van der Waals surface area contributed by atoms with E-state index in [-0.39, 0.29) is 24.3 Å². The summed E-state index contributed by atoms with van der Waals surface area (Å²) >= 11 is 0. The first-order chi connectivity index (χ1) is 10.5. The highest BCUT2D eigenvalue weighted by Crippen LogP contribution is 2.16. The zero-order valence-corrected chi connectivity index (χ0v) is 13.1. The van der Waals surface area contributed by atoms with E-state index in [0.29, 0.717) is 5.69 Å². The van der Waals surface area contributed by atoms with Crippen LogP contribution in [0.25, 0.3) is 0 Å². The maximum atomic E-state index is 13.1. The Hall–Kier alpha value is -2.36. The quantitative estimate of drug-likeness (QED) is 0.883. The summed E-state index contributed by atoms with van der Waals surface area (Å²) in [4.78, 5) is 12.0. The van der Waals surface area contributed by atoms with Crippen molar-refractivity contribution in [3.05, 3.63) is 65.0 Å². The van der Waals surface area contributed by atoms with Crippen LogP contribution in [0.15, 0.2) is 42.5 Å². The molecule has 1 amide bonds. The first kappa shape index (κ1) is 16.0. The lowest BCUT2D eigenvalue weighted by Crippen LogP contribution is -2.32. The van der Waals surface area contributed by atoms with Gasteiger partial charge >= 0.3 is 0 Å². The summed E-state index contributed by atoms with van der Waals surface area (Å²) in [7, 11) is 0. The Kier molecular flexibility index (Phi) is 5.15. The summed E-state index contributed by atoms with van der Waals surface area (Å²) < 4.78 is 13.1. The van der Waals surface area contributed by atoms with Gasteiger partial charge in [0.15, 0.2) is 0 Å². The van der Waals surface area contributed by atoms with Crippen LogP contribution in [0.2, 0.25) is 0 Å². The second-order valence-corrected chi connectivity index (χ2v) is 5.50. The number of amides is 1. The molecule has 0 saturated carbocycles. The first-order valence-corrected chi connectivity index (χ1v) is 7.31. The Morgan fingerprint density at radius 2 is 1.91 bits per heavy atom. The van der Waals surface area contributed by atoms with Gasteiger partial charge in [0.05, 0.1) is 12.6 Å². The second kappa shape index (κ2) is 7.07. The molecule has 3 nitrogen and oxygen atoms in total. The molecule has 2 rings (SSSR count). The lowest BCUT2D eigenvalue weighted by molar-refractivity contribution is -0.120. The van der Waals surface area contributed by atoms with Gasteiger partial charge in [0.2, 0.25) is 5.91 Å². The summed E-state index contributed by atoms with van der Waals surface area (Å²) in [5, 5.41) is 5.84. The molecule has 116 valence electrons. The lowest BCUT2D eigenvalue weighted by atomic mass is 10.0. The molecule has 0 aliphatic heterocycles. The van der Waals surface area contributed by atoms with Gasteiger partial charge in [0.1, 0.15) is 5.82 Å². The molecule has 22 heavy (non-hydrogen) atoms. The minimum atomic E-state index is -0.325. The van der Waals surface area contributed by atoms with Gasteiger partial charge < -0.3 is 10.6 Å². The highest BCUT2D eigenvalue weighted by Gasteiger charge is 2.10. The van der Waals surface area contributed by atoms with Crippen molar-refractivity contribution in [1.82, 2.24) is 5.32 Å². The third kappa shape index (κ3) is 4.32. The van der Waals surface area contributed by atoms with Crippen LogP contribution >= 0.6 is 0 Å². The van der Waals surface area contributed by atoms with E-state index in [1.807, 2.05) is 13.0 Å². The van der Waals surface area contributed by atoms with Gasteiger partial charge in [-0.3, -0.25) is 4.79 Å². The second-order valence-electron chi connectivity index (χ2n) is 5.50. The molecule has 0 aliphatic carbocycles. The number of benzene rings is 2. The Morgan fingerprint density at radius 3 is 2.59 bits per heavy atom. The van der Waals surface area contributed by atoms with E-state index in [0.717, 1.165) is 5.56 Å². The predicted molar refractivity (Wildman–Crippen MR) is 87.4 cm³/mol. The Morgan fingerprint density at radius 1 is 1.14 bits per heavy atom. The number of anilines is 1. The standard InChI is InChI=1S/C18H21FN2O/c1-12-7-8-15(9-13(12)2)14(3)21-18(22)11-20-17-6-4-5-16(19)10-17/h4-10,14,20H,11H2,1-3H3,(H,21,22)/t14-/m0/s1. The minimum absolute atomic E-state index is 0.0684. The fourth-order valence-corrected chi connectivity index (χ4v) is 2.19. The maximum Gasteiger partial charge on any atom is 0.239 e. The summed E-state index contributed by atoms with van der Waals surface area (Å²) in [5.41, 5.74) is 4.10. The van der Waals surface area contributed by atoms with E-state index in [4.69, 9.17) is 0 Å². The topological polar surface area (TPSA) is 41.1 Å². The van der Waals surface area contributed by atoms with E-state index in [9.17, 15) is 9.18 Å². The number of carbonyl (C=O) groups excluding carboxylic acids is 1. The zero-order chi connectivity index (χ0) is 16.1. The Labute approximate surface area is 130 Å². The van der Waals surface area contributed by atoms with E-state index >= 15 is 0 Å². The third-order valence-electron chi connectivity index (χ3n) is 3.69. The number of aryl methyl sites for hydroxylation is 2. The number of hydrogen-bond donors (Lipinski definition) is 2. The molecule has 0 heterocycles. The Balaban J connectivity index is 1.89. The molecule has 0 bridgehead atoms. The van der Waals surface area contributed by atoms with Crippen molar-refractivity contribution in [2.45, 2.75) is 26.8 Å². The first-order valence-electron chi connectivity index (χ1n) is 7.31. The fraction of sp³-hybridized carbons (Fsp3) is 0.278. The highest BCUT2D eigenvalue weighted by molar-refractivity contribution is 5.81. The summed E-state index contributed by atoms with van der Waals surface area (Å²) in [6.45, 7) is 6.17. The van der Waals surface area contributed by atoms with Gasteiger partial charge in [0.25, 0.3) is 0 Å². The molecular formula is C18H21FN2O. The zero-order valence-electron chi connectivity index (χ0n) is 13.1. The number of carbonyl (C=O) groups is 1. The fourth-order valence-electron chi connectivity index (χ4n) is 2.19. The molecule has 0 unspecified atom stereocenters. The summed E-state index contributed by atoms with van der Waals surface area (Å²) in [5.74, 6) is -0.455. The predicted octanol–water partition coefficient (Wildman–Crippen LogP) is 3.73. The van der Waals surface area contributed by atoms with Crippen LogP contribution in [0, 0.1) is 19.7 Å². The number of halogens is 1. The maximum absolute atomic E-state index is 13.1. The van der Waals surface area contributed by atoms with Crippen molar-refractivity contribution in [2.75, 3.05) is 11.9 Å². The summed E-state index contributed by atoms with van der Waals surface area (Å²) in [6.07, 6.45) is 0. The van der Waals surface area contributed by atoms with Crippen molar-refractivity contribution in [3.8, 4) is 0 Å². The van der Waals surface area contributed by atoms with Crippen LogP contribution in [-0.2, 0) is 4.79 Å². The smallest absolute Gasteiger partial charge is 0.239 e. The van der Waals surface area contributed by atoms with Crippen molar-refractivity contribution in [1.29, 1.82) is 0 Å². The van der Waals surface area contributed by atoms with Crippen molar-refractivity contribution in [2.24, 2.45) is 0 Å². The molecule has 0 aliphatic rings. The average Bonchev–Trinajstić information content (AvgIpc) is 2.48. The molecule has 2 N–H and O–H groups in total. The summed E-state index contributed by atoms with van der Waals surface area (Å²) in [6, 6.07) is 12.1. The molecular weight excluding hydrogens is 279 g/mol. The number of hydrogen-bond acceptors (Lipinski definition) is 2. The van der Waals surface area contributed by atoms with E-state index < -0.39 is 0 Å². The molecule has 0 spiro atoms. The van der Waals surface area contributed by atoms with E-state index in [1.54, 1.807) is 12.1 Å². The molecule has 0 fully saturated rings. The van der Waals surface area contributed by atoms with Crippen LogP contribution in [-0.4, -0.2) is 12.5 Å². The molecule has 1 atom stereocenters. The molecule has 4 heteroatoms. The van der Waals surface area contributed by atoms with Crippen LogP contribution in [0.1, 0.15) is 29.7 Å². The van der Waals surface area contributed by atoms with Gasteiger partial charge in [-0.1, -0.05) is 24.3 Å². The number of rotatable bonds is 5. The largest absolute Gasteiger partial charge is 0.376 e. The minimum Gasteiger partial charge on any atom is -0.376 e. The van der Waals surface area contributed by atoms with Gasteiger partial charge in [0, 0.05) is 5.69 Å². The molecule has 0 radical (unpaired) electrons. The molecule has 0 saturated heterocycles. The van der Waals surface area contributed by atoms with Crippen LogP contribution < -0.4 is 10.6 Å². The monoisotopic (exact) mass is 300 g/mol. The highest BCUT2D eigenvalue weighted by atomic mass is 19.1. The Bertz CT molecular complexity index is 670. The van der Waals surface area contributed by atoms with Gasteiger partial charge in [-0.25, -0.2) is 4.39 Å². The molecule has 2 aromatic rings.